The summed E-state index contributed by atoms with van der Waals surface area (Å²) in [4.78, 5) is 3.24. The summed E-state index contributed by atoms with van der Waals surface area (Å²) in [5, 5.41) is 2.96. The van der Waals surface area contributed by atoms with Crippen molar-refractivity contribution in [3.63, 3.8) is 0 Å². The zero-order valence-electron chi connectivity index (χ0n) is 10.4. The second-order valence-corrected chi connectivity index (χ2v) is 5.76. The number of rotatable bonds is 8. The van der Waals surface area contributed by atoms with E-state index in [1.54, 1.807) is 6.07 Å². The van der Waals surface area contributed by atoms with Crippen LogP contribution in [0.25, 0.3) is 0 Å². The molecule has 5 nitrogen and oxygen atoms in total. The second kappa shape index (κ2) is 6.78. The summed E-state index contributed by atoms with van der Waals surface area (Å²) in [7, 11) is -1.53. The summed E-state index contributed by atoms with van der Waals surface area (Å²) in [6.45, 7) is 3.22. The van der Waals surface area contributed by atoms with E-state index in [0.29, 0.717) is 18.0 Å². The number of unbranched alkanes of at least 4 members (excludes halogenated alkanes) is 2. The first kappa shape index (κ1) is 14.2. The molecule has 0 spiro atoms. The average molecular weight is 259 g/mol. The topological polar surface area (TPSA) is 74.0 Å². The number of nitrogens with one attached hydrogen (secondary N) is 3. The maximum atomic E-state index is 11.9. The van der Waals surface area contributed by atoms with Gasteiger partial charge in [-0.2, -0.15) is 0 Å². The summed E-state index contributed by atoms with van der Waals surface area (Å²) < 4.78 is 26.3. The Labute approximate surface area is 103 Å². The van der Waals surface area contributed by atoms with Gasteiger partial charge in [0.25, 0.3) is 0 Å². The Hall–Kier alpha value is -0.850. The first-order valence-electron chi connectivity index (χ1n) is 5.91. The van der Waals surface area contributed by atoms with Crippen LogP contribution in [0.1, 0.15) is 31.9 Å². The zero-order valence-corrected chi connectivity index (χ0v) is 11.2. The van der Waals surface area contributed by atoms with Crippen LogP contribution in [0.15, 0.2) is 17.2 Å². The molecule has 0 aliphatic carbocycles. The Balaban J connectivity index is 2.56. The van der Waals surface area contributed by atoms with Crippen LogP contribution in [0.3, 0.4) is 0 Å². The van der Waals surface area contributed by atoms with Crippen LogP contribution in [0, 0.1) is 0 Å². The van der Waals surface area contributed by atoms with Crippen LogP contribution < -0.4 is 10.0 Å². The van der Waals surface area contributed by atoms with Gasteiger partial charge in [-0.3, -0.25) is 0 Å². The van der Waals surface area contributed by atoms with E-state index in [-0.39, 0.29) is 0 Å². The van der Waals surface area contributed by atoms with Gasteiger partial charge in [0.05, 0.1) is 4.90 Å². The molecule has 1 aromatic rings. The number of hydrogen-bond donors (Lipinski definition) is 3. The quantitative estimate of drug-likeness (QED) is 0.614. The molecule has 0 aliphatic heterocycles. The average Bonchev–Trinajstić information content (AvgIpc) is 2.74. The summed E-state index contributed by atoms with van der Waals surface area (Å²) in [6.07, 6.45) is 4.53. The van der Waals surface area contributed by atoms with Crippen LogP contribution in [0.2, 0.25) is 0 Å². The highest BCUT2D eigenvalue weighted by Crippen LogP contribution is 2.10. The number of aromatic nitrogens is 1. The number of H-pyrrole nitrogens is 1. The van der Waals surface area contributed by atoms with Crippen molar-refractivity contribution >= 4 is 10.0 Å². The standard InChI is InChI=1S/C11H21N3O2S/c1-3-4-5-6-14-17(15,16)11-7-10(8-12-2)13-9-11/h7,9,12-14H,3-6,8H2,1-2H3. The summed E-state index contributed by atoms with van der Waals surface area (Å²) in [6, 6.07) is 1.65. The van der Waals surface area contributed by atoms with Crippen LogP contribution in [-0.4, -0.2) is 27.0 Å². The first-order chi connectivity index (χ1) is 8.10. The van der Waals surface area contributed by atoms with Crippen LogP contribution in [0.4, 0.5) is 0 Å². The van der Waals surface area contributed by atoms with E-state index < -0.39 is 10.0 Å². The van der Waals surface area contributed by atoms with Crippen molar-refractivity contribution in [3.8, 4) is 0 Å². The molecule has 3 N–H and O–H groups in total. The predicted octanol–water partition coefficient (Wildman–Crippen LogP) is 1.20. The van der Waals surface area contributed by atoms with Crippen LogP contribution in [0.5, 0.6) is 0 Å². The number of sulfonamides is 1. The van der Waals surface area contributed by atoms with E-state index in [1.165, 1.54) is 6.20 Å². The molecule has 0 atom stereocenters. The molecular formula is C11H21N3O2S. The Morgan fingerprint density at radius 1 is 1.35 bits per heavy atom. The van der Waals surface area contributed by atoms with Crippen molar-refractivity contribution in [1.82, 2.24) is 15.0 Å². The highest BCUT2D eigenvalue weighted by molar-refractivity contribution is 7.89. The van der Waals surface area contributed by atoms with E-state index in [4.69, 9.17) is 0 Å². The molecule has 0 aromatic carbocycles. The lowest BCUT2D eigenvalue weighted by Crippen LogP contribution is -2.24. The second-order valence-electron chi connectivity index (χ2n) is 4.00. The van der Waals surface area contributed by atoms with Crippen molar-refractivity contribution in [3.05, 3.63) is 18.0 Å². The molecule has 6 heteroatoms. The third kappa shape index (κ3) is 4.49. The Kier molecular flexibility index (Phi) is 5.67. The van der Waals surface area contributed by atoms with Crippen molar-refractivity contribution in [1.29, 1.82) is 0 Å². The van der Waals surface area contributed by atoms with E-state index in [0.717, 1.165) is 25.0 Å². The molecule has 0 radical (unpaired) electrons. The molecule has 1 aromatic heterocycles. The Bertz CT molecular complexity index is 426. The fourth-order valence-electron chi connectivity index (χ4n) is 1.53. The highest BCUT2D eigenvalue weighted by Gasteiger charge is 2.14. The van der Waals surface area contributed by atoms with E-state index >= 15 is 0 Å². The van der Waals surface area contributed by atoms with Crippen molar-refractivity contribution in [2.45, 2.75) is 37.6 Å². The van der Waals surface area contributed by atoms with Gasteiger partial charge in [-0.1, -0.05) is 19.8 Å². The Morgan fingerprint density at radius 3 is 2.76 bits per heavy atom. The van der Waals surface area contributed by atoms with Gasteiger partial charge < -0.3 is 10.3 Å². The lowest BCUT2D eigenvalue weighted by molar-refractivity contribution is 0.576. The first-order valence-corrected chi connectivity index (χ1v) is 7.40. The molecule has 0 saturated carbocycles. The summed E-state index contributed by atoms with van der Waals surface area (Å²) in [5.74, 6) is 0. The SMILES string of the molecule is CCCCCNS(=O)(=O)c1c[nH]c(CNC)c1. The highest BCUT2D eigenvalue weighted by atomic mass is 32.2. The van der Waals surface area contributed by atoms with E-state index in [9.17, 15) is 8.42 Å². The zero-order chi connectivity index (χ0) is 12.7. The van der Waals surface area contributed by atoms with Crippen LogP contribution in [-0.2, 0) is 16.6 Å². The van der Waals surface area contributed by atoms with Crippen LogP contribution >= 0.6 is 0 Å². The van der Waals surface area contributed by atoms with Gasteiger partial charge in [0.15, 0.2) is 0 Å². The molecular weight excluding hydrogens is 238 g/mol. The fraction of sp³-hybridized carbons (Fsp3) is 0.636. The molecule has 0 fully saturated rings. The largest absolute Gasteiger partial charge is 0.363 e. The third-order valence-corrected chi connectivity index (χ3v) is 3.91. The maximum Gasteiger partial charge on any atom is 0.242 e. The lowest BCUT2D eigenvalue weighted by Gasteiger charge is -2.03. The molecule has 1 heterocycles. The van der Waals surface area contributed by atoms with Gasteiger partial charge in [-0.05, 0) is 19.5 Å². The van der Waals surface area contributed by atoms with Gasteiger partial charge in [-0.15, -0.1) is 0 Å². The third-order valence-electron chi connectivity index (χ3n) is 2.47. The van der Waals surface area contributed by atoms with Crippen molar-refractivity contribution in [2.75, 3.05) is 13.6 Å². The number of aromatic amines is 1. The van der Waals surface area contributed by atoms with Gasteiger partial charge in [0, 0.05) is 25.0 Å². The Morgan fingerprint density at radius 2 is 2.12 bits per heavy atom. The minimum atomic E-state index is -3.35. The van der Waals surface area contributed by atoms with Gasteiger partial charge in [0.1, 0.15) is 0 Å². The molecule has 0 saturated heterocycles. The van der Waals surface area contributed by atoms with Gasteiger partial charge >= 0.3 is 0 Å². The summed E-state index contributed by atoms with van der Waals surface area (Å²) in [5.41, 5.74) is 0.862. The maximum absolute atomic E-state index is 11.9. The molecule has 0 unspecified atom stereocenters. The normalized spacial score (nSPS) is 11.9. The van der Waals surface area contributed by atoms with Crippen molar-refractivity contribution in [2.24, 2.45) is 0 Å². The molecule has 0 bridgehead atoms. The van der Waals surface area contributed by atoms with Crippen molar-refractivity contribution < 1.29 is 8.42 Å². The molecule has 98 valence electrons. The summed E-state index contributed by atoms with van der Waals surface area (Å²) >= 11 is 0. The van der Waals surface area contributed by atoms with Gasteiger partial charge in [-0.25, -0.2) is 13.1 Å². The molecule has 0 amide bonds. The van der Waals surface area contributed by atoms with E-state index in [1.807, 2.05) is 7.05 Å². The van der Waals surface area contributed by atoms with E-state index in [2.05, 4.69) is 21.9 Å². The minimum Gasteiger partial charge on any atom is -0.363 e. The van der Waals surface area contributed by atoms with Gasteiger partial charge in [0.2, 0.25) is 10.0 Å². The lowest BCUT2D eigenvalue weighted by atomic mass is 10.3. The smallest absolute Gasteiger partial charge is 0.242 e. The molecule has 1 rings (SSSR count). The monoisotopic (exact) mass is 259 g/mol. The fourth-order valence-corrected chi connectivity index (χ4v) is 2.62. The molecule has 0 aliphatic rings. The minimum absolute atomic E-state index is 0.305. The molecule has 17 heavy (non-hydrogen) atoms. The predicted molar refractivity (Wildman–Crippen MR) is 68.3 cm³/mol. The number of hydrogen-bond acceptors (Lipinski definition) is 3.